The Kier molecular flexibility index (Phi) is 5.31. The first-order valence-corrected chi connectivity index (χ1v) is 10.2. The standard InChI is InChI=1S/C22H20BrNO4/c23-15-10-8-14(9-11-15)20(25)13-28-17-5-3-4-16(12-17)24-21(26)18-6-1-2-7-19(18)22(24)27/h3-5,8-12,18-19H,1-2,6-7,13H2/t18-,19+. The lowest BCUT2D eigenvalue weighted by Crippen LogP contribution is -2.30. The SMILES string of the molecule is O=C(COc1cccc(N2C(=O)[C@H]3CCCC[C@H]3C2=O)c1)c1ccc(Br)cc1. The Hall–Kier alpha value is -2.47. The highest BCUT2D eigenvalue weighted by molar-refractivity contribution is 9.10. The highest BCUT2D eigenvalue weighted by Crippen LogP contribution is 2.40. The van der Waals surface area contributed by atoms with Gasteiger partial charge in [-0.1, -0.05) is 47.0 Å². The van der Waals surface area contributed by atoms with Gasteiger partial charge in [0.05, 0.1) is 17.5 Å². The van der Waals surface area contributed by atoms with Crippen LogP contribution < -0.4 is 9.64 Å². The average molecular weight is 442 g/mol. The van der Waals surface area contributed by atoms with E-state index in [1.54, 1.807) is 48.5 Å². The molecule has 4 rings (SSSR count). The summed E-state index contributed by atoms with van der Waals surface area (Å²) in [6.07, 6.45) is 3.55. The van der Waals surface area contributed by atoms with Gasteiger partial charge in [0.25, 0.3) is 0 Å². The highest BCUT2D eigenvalue weighted by atomic mass is 79.9. The molecule has 2 aliphatic rings. The van der Waals surface area contributed by atoms with E-state index in [1.807, 2.05) is 0 Å². The number of nitrogens with zero attached hydrogens (tertiary/aromatic N) is 1. The summed E-state index contributed by atoms with van der Waals surface area (Å²) in [5.74, 6) is -0.291. The zero-order valence-corrected chi connectivity index (χ0v) is 16.9. The number of imide groups is 1. The molecule has 6 heteroatoms. The highest BCUT2D eigenvalue weighted by Gasteiger charge is 2.48. The second-order valence-electron chi connectivity index (χ2n) is 7.23. The molecule has 28 heavy (non-hydrogen) atoms. The van der Waals surface area contributed by atoms with Crippen LogP contribution in [0, 0.1) is 11.8 Å². The van der Waals surface area contributed by atoms with Gasteiger partial charge >= 0.3 is 0 Å². The first-order chi connectivity index (χ1) is 13.5. The number of amides is 2. The van der Waals surface area contributed by atoms with Crippen LogP contribution in [0.5, 0.6) is 5.75 Å². The third kappa shape index (κ3) is 3.61. The summed E-state index contributed by atoms with van der Waals surface area (Å²) in [4.78, 5) is 39.1. The summed E-state index contributed by atoms with van der Waals surface area (Å²) in [6.45, 7) is -0.113. The van der Waals surface area contributed by atoms with E-state index in [0.29, 0.717) is 17.0 Å². The van der Waals surface area contributed by atoms with Crippen LogP contribution in [0.2, 0.25) is 0 Å². The number of rotatable bonds is 5. The topological polar surface area (TPSA) is 63.7 Å². The first kappa shape index (κ1) is 18.9. The molecular formula is C22H20BrNO4. The van der Waals surface area contributed by atoms with Gasteiger partial charge < -0.3 is 4.74 Å². The number of carbonyl (C=O) groups is 3. The minimum atomic E-state index is -0.190. The molecule has 0 unspecified atom stereocenters. The van der Waals surface area contributed by atoms with Crippen molar-refractivity contribution in [3.05, 3.63) is 58.6 Å². The molecule has 1 saturated carbocycles. The summed E-state index contributed by atoms with van der Waals surface area (Å²) in [5, 5.41) is 0. The van der Waals surface area contributed by atoms with E-state index >= 15 is 0 Å². The fourth-order valence-corrected chi connectivity index (χ4v) is 4.26. The Morgan fingerprint density at radius 2 is 1.64 bits per heavy atom. The van der Waals surface area contributed by atoms with Crippen LogP contribution >= 0.6 is 15.9 Å². The van der Waals surface area contributed by atoms with E-state index in [2.05, 4.69) is 15.9 Å². The zero-order valence-electron chi connectivity index (χ0n) is 15.3. The van der Waals surface area contributed by atoms with Crippen molar-refractivity contribution in [1.82, 2.24) is 0 Å². The van der Waals surface area contributed by atoms with Crippen LogP contribution in [0.1, 0.15) is 36.0 Å². The van der Waals surface area contributed by atoms with Gasteiger partial charge in [0.15, 0.2) is 12.4 Å². The first-order valence-electron chi connectivity index (χ1n) is 9.44. The molecule has 0 spiro atoms. The maximum absolute atomic E-state index is 12.7. The van der Waals surface area contributed by atoms with Gasteiger partial charge in [-0.3, -0.25) is 14.4 Å². The maximum atomic E-state index is 12.7. The molecule has 0 radical (unpaired) electrons. The quantitative estimate of drug-likeness (QED) is 0.509. The predicted octanol–water partition coefficient (Wildman–Crippen LogP) is 4.39. The second kappa shape index (κ2) is 7.87. The van der Waals surface area contributed by atoms with Crippen molar-refractivity contribution in [2.45, 2.75) is 25.7 Å². The van der Waals surface area contributed by atoms with E-state index < -0.39 is 0 Å². The zero-order chi connectivity index (χ0) is 19.7. The number of fused-ring (bicyclic) bond motifs is 1. The van der Waals surface area contributed by atoms with Crippen molar-refractivity contribution in [2.24, 2.45) is 11.8 Å². The lowest BCUT2D eigenvalue weighted by molar-refractivity contribution is -0.122. The van der Waals surface area contributed by atoms with Crippen LogP contribution in [0.3, 0.4) is 0 Å². The third-order valence-electron chi connectivity index (χ3n) is 5.45. The fraction of sp³-hybridized carbons (Fsp3) is 0.318. The van der Waals surface area contributed by atoms with Gasteiger partial charge in [0.1, 0.15) is 5.75 Å². The number of hydrogen-bond donors (Lipinski definition) is 0. The number of benzene rings is 2. The molecule has 2 amide bonds. The van der Waals surface area contributed by atoms with E-state index in [9.17, 15) is 14.4 Å². The number of carbonyl (C=O) groups excluding carboxylic acids is 3. The summed E-state index contributed by atoms with van der Waals surface area (Å²) in [5.41, 5.74) is 1.08. The molecule has 1 heterocycles. The second-order valence-corrected chi connectivity index (χ2v) is 8.14. The summed E-state index contributed by atoms with van der Waals surface area (Å²) >= 11 is 3.34. The van der Waals surface area contributed by atoms with Gasteiger partial charge in [-0.05, 0) is 37.1 Å². The molecule has 1 aliphatic heterocycles. The largest absolute Gasteiger partial charge is 0.485 e. The molecule has 1 saturated heterocycles. The maximum Gasteiger partial charge on any atom is 0.237 e. The van der Waals surface area contributed by atoms with Crippen LogP contribution in [0.15, 0.2) is 53.0 Å². The van der Waals surface area contributed by atoms with Gasteiger partial charge in [-0.25, -0.2) is 4.90 Å². The normalized spacial score (nSPS) is 21.5. The molecule has 0 aromatic heterocycles. The van der Waals surface area contributed by atoms with E-state index in [-0.39, 0.29) is 36.0 Å². The Bertz CT molecular complexity index is 900. The Balaban J connectivity index is 1.47. The lowest BCUT2D eigenvalue weighted by atomic mass is 9.81. The monoisotopic (exact) mass is 441 g/mol. The van der Waals surface area contributed by atoms with E-state index in [0.717, 1.165) is 30.2 Å². The number of anilines is 1. The predicted molar refractivity (Wildman–Crippen MR) is 108 cm³/mol. The van der Waals surface area contributed by atoms with Crippen molar-refractivity contribution in [3.8, 4) is 5.75 Å². The van der Waals surface area contributed by atoms with Crippen molar-refractivity contribution < 1.29 is 19.1 Å². The van der Waals surface area contributed by atoms with Crippen molar-refractivity contribution in [1.29, 1.82) is 0 Å². The number of ketones is 1. The van der Waals surface area contributed by atoms with Gasteiger partial charge in [0, 0.05) is 16.1 Å². The minimum absolute atomic E-state index is 0.113. The van der Waals surface area contributed by atoms with E-state index in [1.165, 1.54) is 4.90 Å². The fourth-order valence-electron chi connectivity index (χ4n) is 4.00. The molecule has 144 valence electrons. The summed E-state index contributed by atoms with van der Waals surface area (Å²) in [7, 11) is 0. The van der Waals surface area contributed by atoms with Crippen molar-refractivity contribution in [2.75, 3.05) is 11.5 Å². The molecule has 2 aromatic rings. The molecule has 1 aliphatic carbocycles. The smallest absolute Gasteiger partial charge is 0.237 e. The lowest BCUT2D eigenvalue weighted by Gasteiger charge is -2.19. The van der Waals surface area contributed by atoms with Gasteiger partial charge in [-0.2, -0.15) is 0 Å². The molecule has 0 bridgehead atoms. The Morgan fingerprint density at radius 3 is 2.29 bits per heavy atom. The van der Waals surface area contributed by atoms with E-state index in [4.69, 9.17) is 4.74 Å². The van der Waals surface area contributed by atoms with Gasteiger partial charge in [-0.15, -0.1) is 0 Å². The summed E-state index contributed by atoms with van der Waals surface area (Å²) < 4.78 is 6.53. The Morgan fingerprint density at radius 1 is 1.00 bits per heavy atom. The summed E-state index contributed by atoms with van der Waals surface area (Å²) in [6, 6.07) is 13.9. The van der Waals surface area contributed by atoms with Crippen LogP contribution in [-0.4, -0.2) is 24.2 Å². The van der Waals surface area contributed by atoms with Crippen LogP contribution in [-0.2, 0) is 9.59 Å². The average Bonchev–Trinajstić information content (AvgIpc) is 2.98. The number of halogens is 1. The molecule has 2 fully saturated rings. The molecule has 2 aromatic carbocycles. The van der Waals surface area contributed by atoms with Crippen molar-refractivity contribution >= 4 is 39.2 Å². The Labute approximate surface area is 171 Å². The number of hydrogen-bond acceptors (Lipinski definition) is 4. The number of Topliss-reactive ketones (excluding diaryl/α,β-unsaturated/α-hetero) is 1. The molecular weight excluding hydrogens is 422 g/mol. The molecule has 5 nitrogen and oxygen atoms in total. The molecule has 2 atom stereocenters. The van der Waals surface area contributed by atoms with Gasteiger partial charge in [0.2, 0.25) is 11.8 Å². The van der Waals surface area contributed by atoms with Crippen LogP contribution in [0.25, 0.3) is 0 Å². The third-order valence-corrected chi connectivity index (χ3v) is 5.98. The number of ether oxygens (including phenoxy) is 1. The minimum Gasteiger partial charge on any atom is -0.485 e. The van der Waals surface area contributed by atoms with Crippen LogP contribution in [0.4, 0.5) is 5.69 Å². The van der Waals surface area contributed by atoms with Crippen molar-refractivity contribution in [3.63, 3.8) is 0 Å². The molecule has 0 N–H and O–H groups in total.